The number of nitrogens with zero attached hydrogens (tertiary/aromatic N) is 2. The van der Waals surface area contributed by atoms with E-state index in [2.05, 4.69) is 0 Å². The summed E-state index contributed by atoms with van der Waals surface area (Å²) >= 11 is 0. The van der Waals surface area contributed by atoms with Gasteiger partial charge in [0.2, 0.25) is 11.8 Å². The molecule has 158 valence electrons. The van der Waals surface area contributed by atoms with Crippen LogP contribution in [0.4, 0.5) is 8.78 Å². The minimum absolute atomic E-state index is 0.0541. The molecular formula is C21H26F2N2O4. The van der Waals surface area contributed by atoms with Gasteiger partial charge in [0.1, 0.15) is 6.04 Å². The highest BCUT2D eigenvalue weighted by Gasteiger charge is 2.38. The van der Waals surface area contributed by atoms with Gasteiger partial charge >= 0.3 is 5.97 Å². The van der Waals surface area contributed by atoms with Crippen molar-refractivity contribution in [1.29, 1.82) is 0 Å². The number of halogens is 2. The Kier molecular flexibility index (Phi) is 6.82. The molecule has 1 aromatic carbocycles. The van der Waals surface area contributed by atoms with Gasteiger partial charge in [-0.3, -0.25) is 9.59 Å². The maximum Gasteiger partial charge on any atom is 0.328 e. The predicted octanol–water partition coefficient (Wildman–Crippen LogP) is 2.79. The second-order valence-corrected chi connectivity index (χ2v) is 7.48. The second kappa shape index (κ2) is 9.33. The lowest BCUT2D eigenvalue weighted by Gasteiger charge is -2.35. The number of benzene rings is 1. The summed E-state index contributed by atoms with van der Waals surface area (Å²) < 4.78 is 32.6. The van der Waals surface area contributed by atoms with Crippen molar-refractivity contribution in [2.75, 3.05) is 13.2 Å². The van der Waals surface area contributed by atoms with Gasteiger partial charge in [-0.05, 0) is 38.7 Å². The number of ether oxygens (including phenoxy) is 1. The van der Waals surface area contributed by atoms with Crippen molar-refractivity contribution in [3.63, 3.8) is 0 Å². The van der Waals surface area contributed by atoms with Gasteiger partial charge in [-0.25, -0.2) is 13.6 Å². The third-order valence-electron chi connectivity index (χ3n) is 5.62. The number of hydrogen-bond donors (Lipinski definition) is 0. The highest BCUT2D eigenvalue weighted by molar-refractivity contribution is 5.86. The third kappa shape index (κ3) is 4.74. The number of carbonyl (C=O) groups is 3. The molecule has 2 heterocycles. The molecule has 2 atom stereocenters. The van der Waals surface area contributed by atoms with E-state index < -0.39 is 29.7 Å². The first-order valence-electron chi connectivity index (χ1n) is 10.1. The van der Waals surface area contributed by atoms with Gasteiger partial charge in [0.15, 0.2) is 11.6 Å². The predicted molar refractivity (Wildman–Crippen MR) is 101 cm³/mol. The first kappa shape index (κ1) is 21.2. The molecule has 2 amide bonds. The van der Waals surface area contributed by atoms with Crippen LogP contribution in [0.25, 0.3) is 0 Å². The summed E-state index contributed by atoms with van der Waals surface area (Å²) in [5.74, 6) is -2.75. The first-order valence-corrected chi connectivity index (χ1v) is 10.1. The zero-order valence-electron chi connectivity index (χ0n) is 16.5. The summed E-state index contributed by atoms with van der Waals surface area (Å²) in [5, 5.41) is 0. The average molecular weight is 408 g/mol. The normalized spacial score (nSPS) is 22.1. The molecule has 2 aliphatic heterocycles. The highest BCUT2D eigenvalue weighted by atomic mass is 19.2. The van der Waals surface area contributed by atoms with E-state index in [4.69, 9.17) is 4.74 Å². The van der Waals surface area contributed by atoms with Crippen molar-refractivity contribution in [2.45, 2.75) is 64.1 Å². The van der Waals surface area contributed by atoms with E-state index in [0.29, 0.717) is 19.4 Å². The molecule has 2 saturated heterocycles. The van der Waals surface area contributed by atoms with Crippen LogP contribution in [0.15, 0.2) is 18.2 Å². The van der Waals surface area contributed by atoms with Crippen LogP contribution in [0, 0.1) is 11.6 Å². The second-order valence-electron chi connectivity index (χ2n) is 7.48. The number of likely N-dealkylation sites (tertiary alicyclic amines) is 2. The minimum atomic E-state index is -0.976. The smallest absolute Gasteiger partial charge is 0.328 e. The monoisotopic (exact) mass is 408 g/mol. The molecule has 0 spiro atoms. The van der Waals surface area contributed by atoms with Gasteiger partial charge in [0, 0.05) is 37.5 Å². The fraction of sp³-hybridized carbons (Fsp3) is 0.571. The van der Waals surface area contributed by atoms with Crippen molar-refractivity contribution < 1.29 is 27.9 Å². The molecule has 0 bridgehead atoms. The van der Waals surface area contributed by atoms with Crippen LogP contribution in [0.3, 0.4) is 0 Å². The topological polar surface area (TPSA) is 66.9 Å². The maximum absolute atomic E-state index is 14.0. The average Bonchev–Trinajstić information content (AvgIpc) is 3.05. The fourth-order valence-electron chi connectivity index (χ4n) is 4.11. The van der Waals surface area contributed by atoms with Gasteiger partial charge in [-0.1, -0.05) is 12.1 Å². The zero-order chi connectivity index (χ0) is 21.0. The van der Waals surface area contributed by atoms with E-state index in [0.717, 1.165) is 18.9 Å². The standard InChI is InChI=1S/C21H26F2N2O4/c1-2-29-21(28)17-8-3-4-11-24(17)19(27)12-15-9-10-18(26)25(15)13-14-6-5-7-16(22)20(14)23/h5-7,15,17H,2-4,8-13H2,1H3/t15-,17?/m0/s1. The summed E-state index contributed by atoms with van der Waals surface area (Å²) in [5.41, 5.74) is 0.0834. The van der Waals surface area contributed by atoms with Crippen LogP contribution in [-0.2, 0) is 25.7 Å². The van der Waals surface area contributed by atoms with Crippen LogP contribution in [0.5, 0.6) is 0 Å². The van der Waals surface area contributed by atoms with Gasteiger partial charge in [0.05, 0.1) is 6.61 Å². The van der Waals surface area contributed by atoms with Gasteiger partial charge in [-0.2, -0.15) is 0 Å². The van der Waals surface area contributed by atoms with E-state index in [1.54, 1.807) is 11.8 Å². The maximum atomic E-state index is 14.0. The zero-order valence-corrected chi connectivity index (χ0v) is 16.5. The summed E-state index contributed by atoms with van der Waals surface area (Å²) in [6.07, 6.45) is 3.00. The Morgan fingerprint density at radius 2 is 2.00 bits per heavy atom. The van der Waals surface area contributed by atoms with E-state index in [9.17, 15) is 23.2 Å². The highest BCUT2D eigenvalue weighted by Crippen LogP contribution is 2.27. The van der Waals surface area contributed by atoms with Gasteiger partial charge in [-0.15, -0.1) is 0 Å². The van der Waals surface area contributed by atoms with Crippen molar-refractivity contribution in [3.05, 3.63) is 35.4 Å². The van der Waals surface area contributed by atoms with Crippen molar-refractivity contribution in [3.8, 4) is 0 Å². The van der Waals surface area contributed by atoms with Crippen LogP contribution < -0.4 is 0 Å². The van der Waals surface area contributed by atoms with E-state index in [1.165, 1.54) is 17.0 Å². The van der Waals surface area contributed by atoms with Crippen molar-refractivity contribution in [1.82, 2.24) is 9.80 Å². The summed E-state index contributed by atoms with van der Waals surface area (Å²) in [4.78, 5) is 40.5. The number of esters is 1. The molecule has 0 N–H and O–H groups in total. The van der Waals surface area contributed by atoms with E-state index >= 15 is 0 Å². The summed E-state index contributed by atoms with van der Waals surface area (Å²) in [6.45, 7) is 2.37. The Morgan fingerprint density at radius 3 is 2.76 bits per heavy atom. The summed E-state index contributed by atoms with van der Waals surface area (Å²) in [7, 11) is 0. The van der Waals surface area contributed by atoms with E-state index in [1.807, 2.05) is 0 Å². The Bertz CT molecular complexity index is 786. The van der Waals surface area contributed by atoms with Crippen LogP contribution in [0.1, 0.15) is 51.0 Å². The number of piperidine rings is 1. The lowest BCUT2D eigenvalue weighted by atomic mass is 10.0. The van der Waals surface area contributed by atoms with Crippen molar-refractivity contribution >= 4 is 17.8 Å². The molecule has 0 radical (unpaired) electrons. The van der Waals surface area contributed by atoms with Crippen molar-refractivity contribution in [2.24, 2.45) is 0 Å². The molecule has 6 nitrogen and oxygen atoms in total. The van der Waals surface area contributed by atoms with Crippen LogP contribution in [-0.4, -0.2) is 52.8 Å². The molecular weight excluding hydrogens is 382 g/mol. The molecule has 1 unspecified atom stereocenters. The third-order valence-corrected chi connectivity index (χ3v) is 5.62. The van der Waals surface area contributed by atoms with Gasteiger partial charge in [0.25, 0.3) is 0 Å². The first-order chi connectivity index (χ1) is 13.9. The molecule has 0 aliphatic carbocycles. The lowest BCUT2D eigenvalue weighted by Crippen LogP contribution is -2.50. The molecule has 2 aliphatic rings. The Labute approximate surface area is 168 Å². The molecule has 8 heteroatoms. The quantitative estimate of drug-likeness (QED) is 0.679. The lowest BCUT2D eigenvalue weighted by molar-refractivity contribution is -0.157. The Balaban J connectivity index is 1.70. The molecule has 29 heavy (non-hydrogen) atoms. The Hall–Kier alpha value is -2.51. The SMILES string of the molecule is CCOC(=O)C1CCCCN1C(=O)C[C@@H]1CCC(=O)N1Cc1cccc(F)c1F. The minimum Gasteiger partial charge on any atom is -0.464 e. The summed E-state index contributed by atoms with van der Waals surface area (Å²) in [6, 6.07) is 2.86. The molecule has 0 saturated carbocycles. The number of rotatable bonds is 6. The van der Waals surface area contributed by atoms with Crippen LogP contribution >= 0.6 is 0 Å². The fourth-order valence-corrected chi connectivity index (χ4v) is 4.11. The molecule has 0 aromatic heterocycles. The number of hydrogen-bond acceptors (Lipinski definition) is 4. The number of amides is 2. The number of carbonyl (C=O) groups excluding carboxylic acids is 3. The van der Waals surface area contributed by atoms with E-state index in [-0.39, 0.29) is 43.4 Å². The Morgan fingerprint density at radius 1 is 1.21 bits per heavy atom. The molecule has 2 fully saturated rings. The van der Waals surface area contributed by atoms with Gasteiger partial charge < -0.3 is 14.5 Å². The molecule has 1 aromatic rings. The molecule has 3 rings (SSSR count). The largest absolute Gasteiger partial charge is 0.464 e. The van der Waals surface area contributed by atoms with Crippen LogP contribution in [0.2, 0.25) is 0 Å².